The molecule has 0 bridgehead atoms. The van der Waals surface area contributed by atoms with E-state index in [2.05, 4.69) is 43.4 Å². The molecule has 0 aromatic heterocycles. The summed E-state index contributed by atoms with van der Waals surface area (Å²) in [4.78, 5) is 0. The number of hydrogen-bond donors (Lipinski definition) is 2. The maximum absolute atomic E-state index is 9.63. The molecule has 0 heterocycles. The molecule has 1 fully saturated rings. The Morgan fingerprint density at radius 1 is 1.26 bits per heavy atom. The van der Waals surface area contributed by atoms with E-state index in [0.29, 0.717) is 11.5 Å². The lowest BCUT2D eigenvalue weighted by atomic mass is 9.73. The molecule has 0 saturated heterocycles. The first kappa shape index (κ1) is 14.5. The van der Waals surface area contributed by atoms with Crippen LogP contribution in [-0.2, 0) is 6.42 Å². The molecule has 0 radical (unpaired) electrons. The predicted molar refractivity (Wildman–Crippen MR) is 80.2 cm³/mol. The Kier molecular flexibility index (Phi) is 5.00. The molecule has 0 spiro atoms. The Hall–Kier alpha value is -0.860. The molecule has 2 nitrogen and oxygen atoms in total. The molecule has 2 N–H and O–H groups in total. The largest absolute Gasteiger partial charge is 0.395 e. The summed E-state index contributed by atoms with van der Waals surface area (Å²) < 4.78 is 0. The zero-order chi connectivity index (χ0) is 13.7. The van der Waals surface area contributed by atoms with E-state index in [1.54, 1.807) is 0 Å². The molecule has 2 heteroatoms. The number of nitrogens with one attached hydrogen (secondary N) is 1. The molecule has 2 unspecified atom stereocenters. The lowest BCUT2D eigenvalue weighted by molar-refractivity contribution is 0.135. The number of aliphatic hydroxyl groups excluding tert-OH is 1. The van der Waals surface area contributed by atoms with Crippen LogP contribution < -0.4 is 5.32 Å². The van der Waals surface area contributed by atoms with Gasteiger partial charge in [0.1, 0.15) is 0 Å². The summed E-state index contributed by atoms with van der Waals surface area (Å²) in [6.07, 6.45) is 6.08. The summed E-state index contributed by atoms with van der Waals surface area (Å²) in [5, 5.41) is 13.3. The smallest absolute Gasteiger partial charge is 0.0587 e. The second kappa shape index (κ2) is 6.53. The molecule has 106 valence electrons. The third-order valence-corrected chi connectivity index (χ3v) is 4.49. The fraction of sp³-hybridized carbons (Fsp3) is 0.647. The Labute approximate surface area is 117 Å². The third kappa shape index (κ3) is 4.05. The predicted octanol–water partition coefficient (Wildman–Crippen LogP) is 3.15. The van der Waals surface area contributed by atoms with E-state index in [-0.39, 0.29) is 12.6 Å². The zero-order valence-corrected chi connectivity index (χ0v) is 12.2. The average molecular weight is 261 g/mol. The van der Waals surface area contributed by atoms with Crippen molar-refractivity contribution < 1.29 is 5.11 Å². The zero-order valence-electron chi connectivity index (χ0n) is 12.2. The summed E-state index contributed by atoms with van der Waals surface area (Å²) in [7, 11) is 0. The fourth-order valence-electron chi connectivity index (χ4n) is 3.16. The van der Waals surface area contributed by atoms with E-state index in [0.717, 1.165) is 6.42 Å². The molecule has 1 saturated carbocycles. The molecule has 1 aromatic rings. The minimum Gasteiger partial charge on any atom is -0.395 e. The standard InChI is InChI=1S/C17H27NO/c1-17(2)11-7-6-10-16(17)18-15(13-19)12-14-8-4-3-5-9-14/h3-5,8-9,15-16,18-19H,6-7,10-13H2,1-2H3. The molecule has 0 amide bonds. The van der Waals surface area contributed by atoms with Gasteiger partial charge >= 0.3 is 0 Å². The molecule has 19 heavy (non-hydrogen) atoms. The molecule has 2 atom stereocenters. The highest BCUT2D eigenvalue weighted by molar-refractivity contribution is 5.16. The van der Waals surface area contributed by atoms with E-state index in [1.165, 1.54) is 31.2 Å². The molecule has 1 aliphatic rings. The topological polar surface area (TPSA) is 32.3 Å². The van der Waals surface area contributed by atoms with Gasteiger partial charge in [0.25, 0.3) is 0 Å². The maximum atomic E-state index is 9.63. The summed E-state index contributed by atoms with van der Waals surface area (Å²) in [6.45, 7) is 4.91. The second-order valence-electron chi connectivity index (χ2n) is 6.52. The van der Waals surface area contributed by atoms with Gasteiger partial charge in [-0.25, -0.2) is 0 Å². The van der Waals surface area contributed by atoms with Crippen LogP contribution in [0.15, 0.2) is 30.3 Å². The molecule has 2 rings (SSSR count). The van der Waals surface area contributed by atoms with Gasteiger partial charge in [-0.1, -0.05) is 57.0 Å². The lowest BCUT2D eigenvalue weighted by Crippen LogP contribution is -2.50. The summed E-state index contributed by atoms with van der Waals surface area (Å²) >= 11 is 0. The highest BCUT2D eigenvalue weighted by atomic mass is 16.3. The summed E-state index contributed by atoms with van der Waals surface area (Å²) in [5.74, 6) is 0. The van der Waals surface area contributed by atoms with Crippen molar-refractivity contribution in [3.63, 3.8) is 0 Å². The van der Waals surface area contributed by atoms with Crippen molar-refractivity contribution in [3.05, 3.63) is 35.9 Å². The summed E-state index contributed by atoms with van der Waals surface area (Å²) in [6, 6.07) is 11.1. The number of aliphatic hydroxyl groups is 1. The van der Waals surface area contributed by atoms with Gasteiger partial charge in [0.2, 0.25) is 0 Å². The monoisotopic (exact) mass is 261 g/mol. The van der Waals surface area contributed by atoms with Gasteiger partial charge in [-0.2, -0.15) is 0 Å². The van der Waals surface area contributed by atoms with Crippen molar-refractivity contribution in [2.24, 2.45) is 5.41 Å². The van der Waals surface area contributed by atoms with Gasteiger partial charge in [0.05, 0.1) is 6.61 Å². The number of hydrogen-bond acceptors (Lipinski definition) is 2. The molecule has 1 aliphatic carbocycles. The lowest BCUT2D eigenvalue weighted by Gasteiger charge is -2.41. The van der Waals surface area contributed by atoms with Gasteiger partial charge in [-0.3, -0.25) is 0 Å². The van der Waals surface area contributed by atoms with Crippen molar-refractivity contribution in [3.8, 4) is 0 Å². The van der Waals surface area contributed by atoms with Crippen molar-refractivity contribution in [2.75, 3.05) is 6.61 Å². The van der Waals surface area contributed by atoms with E-state index < -0.39 is 0 Å². The van der Waals surface area contributed by atoms with Gasteiger partial charge in [-0.15, -0.1) is 0 Å². The van der Waals surface area contributed by atoms with Crippen molar-refractivity contribution in [1.82, 2.24) is 5.32 Å². The molecular weight excluding hydrogens is 234 g/mol. The first-order chi connectivity index (χ1) is 9.12. The Bertz CT molecular complexity index is 374. The van der Waals surface area contributed by atoms with E-state index in [4.69, 9.17) is 0 Å². The van der Waals surface area contributed by atoms with Crippen LogP contribution in [0.2, 0.25) is 0 Å². The third-order valence-electron chi connectivity index (χ3n) is 4.49. The highest BCUT2D eigenvalue weighted by Gasteiger charge is 2.33. The Balaban J connectivity index is 1.95. The fourth-order valence-corrected chi connectivity index (χ4v) is 3.16. The second-order valence-corrected chi connectivity index (χ2v) is 6.52. The van der Waals surface area contributed by atoms with Crippen LogP contribution in [0.25, 0.3) is 0 Å². The van der Waals surface area contributed by atoms with Gasteiger partial charge in [0, 0.05) is 12.1 Å². The minimum atomic E-state index is 0.171. The van der Waals surface area contributed by atoms with E-state index in [9.17, 15) is 5.11 Å². The van der Waals surface area contributed by atoms with Gasteiger partial charge < -0.3 is 10.4 Å². The van der Waals surface area contributed by atoms with E-state index in [1.807, 2.05) is 6.07 Å². The Morgan fingerprint density at radius 2 is 2.00 bits per heavy atom. The number of benzene rings is 1. The van der Waals surface area contributed by atoms with Crippen LogP contribution in [0.3, 0.4) is 0 Å². The van der Waals surface area contributed by atoms with Crippen LogP contribution in [0.4, 0.5) is 0 Å². The highest BCUT2D eigenvalue weighted by Crippen LogP contribution is 2.35. The SMILES string of the molecule is CC1(C)CCCCC1NC(CO)Cc1ccccc1. The van der Waals surface area contributed by atoms with Crippen LogP contribution in [-0.4, -0.2) is 23.8 Å². The van der Waals surface area contributed by atoms with Crippen LogP contribution in [0.1, 0.15) is 45.1 Å². The quantitative estimate of drug-likeness (QED) is 0.853. The average Bonchev–Trinajstić information content (AvgIpc) is 2.41. The van der Waals surface area contributed by atoms with Crippen LogP contribution in [0, 0.1) is 5.41 Å². The number of rotatable bonds is 5. The van der Waals surface area contributed by atoms with Crippen molar-refractivity contribution in [2.45, 2.75) is 58.0 Å². The van der Waals surface area contributed by atoms with E-state index >= 15 is 0 Å². The summed E-state index contributed by atoms with van der Waals surface area (Å²) in [5.41, 5.74) is 1.64. The van der Waals surface area contributed by atoms with Crippen LogP contribution in [0.5, 0.6) is 0 Å². The molecule has 1 aromatic carbocycles. The van der Waals surface area contributed by atoms with Gasteiger partial charge in [-0.05, 0) is 30.2 Å². The normalized spacial score (nSPS) is 24.1. The minimum absolute atomic E-state index is 0.171. The molecule has 0 aliphatic heterocycles. The molecular formula is C17H27NO. The van der Waals surface area contributed by atoms with Crippen molar-refractivity contribution >= 4 is 0 Å². The maximum Gasteiger partial charge on any atom is 0.0587 e. The first-order valence-corrected chi connectivity index (χ1v) is 7.52. The van der Waals surface area contributed by atoms with Crippen LogP contribution >= 0.6 is 0 Å². The first-order valence-electron chi connectivity index (χ1n) is 7.52. The van der Waals surface area contributed by atoms with Crippen molar-refractivity contribution in [1.29, 1.82) is 0 Å². The van der Waals surface area contributed by atoms with Gasteiger partial charge in [0.15, 0.2) is 0 Å². The Morgan fingerprint density at radius 3 is 2.63 bits per heavy atom.